The van der Waals surface area contributed by atoms with Crippen molar-refractivity contribution < 1.29 is 24.5 Å². The Morgan fingerprint density at radius 2 is 0.865 bits per heavy atom. The maximum Gasteiger partial charge on any atom is 0.375 e. The number of hydrogen-bond donors (Lipinski definition) is 8. The molecule has 0 atom stereocenters. The first kappa shape index (κ1) is 62.6. The number of carbonyl (C=O) groups is 2. The number of aliphatic hydroxyl groups excluding tert-OH is 2. The number of fused-ring (bicyclic) bond motifs is 4. The molecule has 0 saturated heterocycles. The average Bonchev–Trinajstić information content (AvgIpc) is 4.18. The largest absolute Gasteiger partial charge is 0.460 e. The number of aromatic nitrogens is 14. The van der Waals surface area contributed by atoms with Gasteiger partial charge in [0.2, 0.25) is 35.5 Å². The molecule has 9 rings (SSSR count). The molecule has 9 aromatic rings. The first-order valence-electron chi connectivity index (χ1n) is 22.9. The van der Waals surface area contributed by atoms with Crippen molar-refractivity contribution in [1.29, 1.82) is 0 Å². The van der Waals surface area contributed by atoms with E-state index in [1.807, 2.05) is 87.9 Å². The van der Waals surface area contributed by atoms with Gasteiger partial charge in [-0.25, -0.2) is 49.7 Å². The van der Waals surface area contributed by atoms with Crippen LogP contribution in [0.3, 0.4) is 0 Å². The molecule has 0 fully saturated rings. The molecule has 28 heteroatoms. The predicted octanol–water partition coefficient (Wildman–Crippen LogP) is 5.79. The quantitative estimate of drug-likeness (QED) is 0.0405. The highest BCUT2D eigenvalue weighted by molar-refractivity contribution is 9.09. The molecule has 0 aliphatic carbocycles. The van der Waals surface area contributed by atoms with Gasteiger partial charge in [-0.15, -0.1) is 0 Å². The summed E-state index contributed by atoms with van der Waals surface area (Å²) in [4.78, 5) is 61.1. The predicted molar refractivity (Wildman–Crippen MR) is 293 cm³/mol. The van der Waals surface area contributed by atoms with Gasteiger partial charge in [-0.2, -0.15) is 4.98 Å². The number of nitrogen functional groups attached to an aromatic ring is 6. The van der Waals surface area contributed by atoms with Gasteiger partial charge in [0.25, 0.3) is 0 Å². The third-order valence-electron chi connectivity index (χ3n) is 8.88. The number of ketones is 1. The van der Waals surface area contributed by atoms with E-state index >= 15 is 0 Å². The number of nitrogens with two attached hydrogens (primary N) is 6. The molecule has 0 aliphatic rings. The maximum absolute atomic E-state index is 10.4. The van der Waals surface area contributed by atoms with Crippen LogP contribution in [-0.4, -0.2) is 101 Å². The van der Waals surface area contributed by atoms with Crippen molar-refractivity contribution in [3.05, 3.63) is 105 Å². The van der Waals surface area contributed by atoms with E-state index in [1.165, 1.54) is 6.07 Å². The van der Waals surface area contributed by atoms with Gasteiger partial charge in [-0.3, -0.25) is 22.4 Å². The highest BCUT2D eigenvalue weighted by Gasteiger charge is 2.12. The Bertz CT molecular complexity index is 2820. The van der Waals surface area contributed by atoms with Gasteiger partial charge >= 0.3 is 5.97 Å². The molecule has 74 heavy (non-hydrogen) atoms. The summed E-state index contributed by atoms with van der Waals surface area (Å²) >= 11 is 13.9. The summed E-state index contributed by atoms with van der Waals surface area (Å²) in [5.74, 6) is 0.722. The number of imidazole rings is 4. The first-order valence-corrected chi connectivity index (χ1v) is 24.8. The summed E-state index contributed by atoms with van der Waals surface area (Å²) in [5.41, 5.74) is 42.0. The number of Topliss-reactive ketones (excluding diaryl/α,β-unsaturated/α-hetero) is 1. The van der Waals surface area contributed by atoms with Crippen molar-refractivity contribution >= 4 is 109 Å². The number of halogens is 3. The molecule has 14 N–H and O–H groups in total. The molecule has 0 saturated carbocycles. The molecule has 400 valence electrons. The van der Waals surface area contributed by atoms with Gasteiger partial charge in [0.05, 0.1) is 47.9 Å². The summed E-state index contributed by atoms with van der Waals surface area (Å²) < 4.78 is 11.2. The van der Waals surface area contributed by atoms with Crippen LogP contribution in [0.25, 0.3) is 22.6 Å². The van der Waals surface area contributed by atoms with Gasteiger partial charge in [-0.1, -0.05) is 80.7 Å². The summed E-state index contributed by atoms with van der Waals surface area (Å²) in [6.45, 7) is 19.5. The molecule has 9 aromatic heterocycles. The topological polar surface area (TPSA) is 386 Å². The molecule has 0 amide bonds. The van der Waals surface area contributed by atoms with Crippen LogP contribution in [0, 0.1) is 20.8 Å². The summed E-state index contributed by atoms with van der Waals surface area (Å²) in [6, 6.07) is 8.68. The van der Waals surface area contributed by atoms with E-state index in [2.05, 4.69) is 84.4 Å². The van der Waals surface area contributed by atoms with Gasteiger partial charge in [0.15, 0.2) is 0 Å². The molecule has 0 spiro atoms. The fourth-order valence-electron chi connectivity index (χ4n) is 5.80. The molecule has 0 aliphatic heterocycles. The Morgan fingerprint density at radius 1 is 0.527 bits per heavy atom. The van der Waals surface area contributed by atoms with Crippen molar-refractivity contribution in [3.63, 3.8) is 0 Å². The molecule has 25 nitrogen and oxygen atoms in total. The molecule has 0 radical (unpaired) electrons. The number of aliphatic hydroxyl groups is 2. The number of hydrogen-bond acceptors (Lipinski definition) is 21. The van der Waals surface area contributed by atoms with Crippen LogP contribution in [0.4, 0.5) is 35.6 Å². The number of anilines is 6. The summed E-state index contributed by atoms with van der Waals surface area (Å²) in [6.07, 6.45) is 8.99. The van der Waals surface area contributed by atoms with Crippen LogP contribution < -0.4 is 34.4 Å². The number of rotatable bonds is 7. The third-order valence-corrected chi connectivity index (χ3v) is 9.78. The average molecular weight is 1130 g/mol. The SMILES string of the molecule is CC.CC.CCOC(=O)C(=O)CBr.CCc1cn2c(N)nc(C)cc2n1.CCc1cn2c(N)nc(C)cc2n1.Cc1cc2nc(CO)cn2c(N)n1.Nc1cc(Cl)nc(N)n1.Nc1nc(Cl)cc2nc(CO)cn12. The van der Waals surface area contributed by atoms with Crippen LogP contribution in [-0.2, 0) is 40.4 Å². The van der Waals surface area contributed by atoms with Crippen molar-refractivity contribution in [2.45, 2.75) is 95.3 Å². The lowest BCUT2D eigenvalue weighted by Gasteiger charge is -1.98. The van der Waals surface area contributed by atoms with Crippen LogP contribution in [0.15, 0.2) is 55.1 Å². The smallest absolute Gasteiger partial charge is 0.375 e. The van der Waals surface area contributed by atoms with Crippen LogP contribution in [0.5, 0.6) is 0 Å². The van der Waals surface area contributed by atoms with E-state index in [0.29, 0.717) is 45.7 Å². The Balaban J connectivity index is 0.000000302. The minimum absolute atomic E-state index is 0.0336. The zero-order valence-electron chi connectivity index (χ0n) is 42.9. The highest BCUT2D eigenvalue weighted by atomic mass is 79.9. The van der Waals surface area contributed by atoms with Gasteiger partial charge in [0.1, 0.15) is 38.7 Å². The van der Waals surface area contributed by atoms with E-state index in [0.717, 1.165) is 52.6 Å². The van der Waals surface area contributed by atoms with Crippen molar-refractivity contribution in [1.82, 2.24) is 67.4 Å². The maximum atomic E-state index is 10.4. The number of alkyl halides is 1. The number of esters is 1. The van der Waals surface area contributed by atoms with E-state index in [9.17, 15) is 9.59 Å². The van der Waals surface area contributed by atoms with Crippen molar-refractivity contribution in [3.8, 4) is 0 Å². The van der Waals surface area contributed by atoms with Gasteiger partial charge < -0.3 is 49.4 Å². The van der Waals surface area contributed by atoms with E-state index in [-0.39, 0.29) is 48.0 Å². The molecule has 9 heterocycles. The van der Waals surface area contributed by atoms with E-state index in [4.69, 9.17) is 67.8 Å². The Hall–Kier alpha value is -7.52. The number of ether oxygens (including phenoxy) is 1. The van der Waals surface area contributed by atoms with Crippen LogP contribution in [0.1, 0.15) is 88.3 Å². The van der Waals surface area contributed by atoms with Gasteiger partial charge in [0, 0.05) is 72.2 Å². The summed E-state index contributed by atoms with van der Waals surface area (Å²) in [5, 5.41) is 18.3. The normalized spacial score (nSPS) is 10.0. The molecule has 0 bridgehead atoms. The fourth-order valence-corrected chi connectivity index (χ4v) is 6.41. The second-order valence-electron chi connectivity index (χ2n) is 14.3. The fraction of sp³-hybridized carbons (Fsp3) is 0.348. The number of aryl methyl sites for hydroxylation is 5. The zero-order valence-corrected chi connectivity index (χ0v) is 46.0. The Morgan fingerprint density at radius 3 is 1.19 bits per heavy atom. The Labute approximate surface area is 445 Å². The minimum atomic E-state index is -0.769. The lowest BCUT2D eigenvalue weighted by Crippen LogP contribution is -2.17. The summed E-state index contributed by atoms with van der Waals surface area (Å²) in [7, 11) is 0. The number of nitrogens with zero attached hydrogens (tertiary/aromatic N) is 14. The van der Waals surface area contributed by atoms with Crippen molar-refractivity contribution in [2.24, 2.45) is 0 Å². The standard InChI is InChI=1S/2C9H12N4.C8H10N4O.C7H7ClN4O.C5H7BrO3.C4H5ClN4.2C2H6/c2*1-3-7-5-13-8(12-7)4-6(2)11-9(13)10;1-5-2-7-11-6(4-13)3-12(7)8(9)10-5;8-5-1-6-10-4(3-13)2-12(6)7(9)11-5;1-2-9-5(8)4(7)3-6;5-2-1-3(6)9-4(7)8-2;2*1-2/h2*4-5H,3H2,1-2H3,(H2,10,11);2-3,13H,4H2,1H3,(H2,9,10);1-2,13H,3H2,(H2,9,11);2-3H2,1H3;1H,(H4,6,7,8,9);2*1-2H3. The third kappa shape index (κ3) is 18.8. The molecule has 0 unspecified atom stereocenters. The first-order chi connectivity index (χ1) is 35.2. The number of carbonyl (C=O) groups excluding carboxylic acids is 2. The van der Waals surface area contributed by atoms with Gasteiger partial charge in [-0.05, 0) is 40.5 Å². The van der Waals surface area contributed by atoms with Crippen molar-refractivity contribution in [2.75, 3.05) is 46.3 Å². The molecular formula is C46H65BrCl2N20O5. The second-order valence-corrected chi connectivity index (χ2v) is 15.7. The lowest BCUT2D eigenvalue weighted by molar-refractivity contribution is -0.152. The lowest BCUT2D eigenvalue weighted by atomic mass is 10.4. The molecule has 0 aromatic carbocycles. The minimum Gasteiger partial charge on any atom is -0.460 e. The molecular weight excluding hydrogens is 1060 g/mol. The monoisotopic (exact) mass is 1130 g/mol. The van der Waals surface area contributed by atoms with Crippen LogP contribution >= 0.6 is 39.1 Å². The second kappa shape index (κ2) is 31.2. The van der Waals surface area contributed by atoms with E-state index in [1.54, 1.807) is 34.2 Å². The zero-order chi connectivity index (χ0) is 55.8. The van der Waals surface area contributed by atoms with E-state index < -0.39 is 11.8 Å². The Kier molecular flexibility index (Phi) is 26.4. The van der Waals surface area contributed by atoms with Crippen LogP contribution in [0.2, 0.25) is 10.3 Å². The highest BCUT2D eigenvalue weighted by Crippen LogP contribution is 2.15.